The van der Waals surface area contributed by atoms with Crippen LogP contribution in [0.2, 0.25) is 0 Å². The van der Waals surface area contributed by atoms with Gasteiger partial charge in [-0.25, -0.2) is 0 Å². The van der Waals surface area contributed by atoms with Crippen molar-refractivity contribution in [1.29, 1.82) is 0 Å². The Bertz CT molecular complexity index is 465. The van der Waals surface area contributed by atoms with Gasteiger partial charge in [-0.15, -0.1) is 0 Å². The van der Waals surface area contributed by atoms with Crippen LogP contribution in [-0.2, 0) is 0 Å². The molecule has 1 N–H and O–H groups in total. The summed E-state index contributed by atoms with van der Waals surface area (Å²) < 4.78 is 7.29. The van der Waals surface area contributed by atoms with E-state index in [0.717, 1.165) is 22.2 Å². The van der Waals surface area contributed by atoms with E-state index in [1.54, 1.807) is 0 Å². The third-order valence-electron chi connectivity index (χ3n) is 4.04. The molecule has 0 aliphatic carbocycles. The zero-order valence-corrected chi connectivity index (χ0v) is 12.8. The first-order chi connectivity index (χ1) is 8.61. The monoisotopic (exact) mass is 328 g/mol. The molecule has 1 saturated heterocycles. The van der Waals surface area contributed by atoms with Crippen molar-refractivity contribution in [2.24, 2.45) is 0 Å². The highest BCUT2D eigenvalue weighted by Gasteiger charge is 2.46. The second-order valence-electron chi connectivity index (χ2n) is 5.19. The number of aliphatic hydroxyl groups excluding tert-OH is 1. The van der Waals surface area contributed by atoms with Gasteiger partial charge in [-0.1, -0.05) is 15.9 Å². The van der Waals surface area contributed by atoms with E-state index in [2.05, 4.69) is 22.9 Å². The summed E-state index contributed by atoms with van der Waals surface area (Å²) in [5.41, 5.74) is 0.737. The molecule has 0 bridgehead atoms. The molecule has 2 unspecified atom stereocenters. The van der Waals surface area contributed by atoms with E-state index in [-0.39, 0.29) is 5.60 Å². The second kappa shape index (κ2) is 4.73. The first-order valence-corrected chi connectivity index (χ1v) is 8.23. The Morgan fingerprint density at radius 2 is 2.33 bits per heavy atom. The summed E-state index contributed by atoms with van der Waals surface area (Å²) in [6.45, 7) is 2.22. The Morgan fingerprint density at radius 3 is 3.11 bits per heavy atom. The molecule has 1 fully saturated rings. The number of hydrogen-bond donors (Lipinski definition) is 1. The van der Waals surface area contributed by atoms with Gasteiger partial charge in [-0.2, -0.15) is 11.8 Å². The fraction of sp³-hybridized carbons (Fsp3) is 0.571. The number of thioether (sulfide) groups is 1. The van der Waals surface area contributed by atoms with Crippen LogP contribution in [0.15, 0.2) is 22.7 Å². The average molecular weight is 329 g/mol. The Morgan fingerprint density at radius 1 is 1.50 bits per heavy atom. The highest BCUT2D eigenvalue weighted by atomic mass is 79.9. The Labute approximate surface area is 120 Å². The van der Waals surface area contributed by atoms with Crippen LogP contribution in [0.25, 0.3) is 0 Å². The Kier molecular flexibility index (Phi) is 3.37. The number of aliphatic hydroxyl groups is 1. The number of benzene rings is 1. The number of fused-ring (bicyclic) bond motifs is 1. The van der Waals surface area contributed by atoms with E-state index >= 15 is 0 Å². The van der Waals surface area contributed by atoms with E-state index < -0.39 is 6.10 Å². The highest BCUT2D eigenvalue weighted by molar-refractivity contribution is 9.10. The van der Waals surface area contributed by atoms with Crippen LogP contribution in [0.5, 0.6) is 5.75 Å². The Hall–Kier alpha value is -0.190. The van der Waals surface area contributed by atoms with Gasteiger partial charge in [-0.05, 0) is 43.7 Å². The van der Waals surface area contributed by atoms with Gasteiger partial charge in [0, 0.05) is 21.7 Å². The van der Waals surface area contributed by atoms with Crippen molar-refractivity contribution in [3.05, 3.63) is 28.2 Å². The molecule has 0 aromatic heterocycles. The zero-order chi connectivity index (χ0) is 12.8. The normalized spacial score (nSPS) is 35.1. The second-order valence-corrected chi connectivity index (χ2v) is 7.55. The topological polar surface area (TPSA) is 29.5 Å². The van der Waals surface area contributed by atoms with Gasteiger partial charge in [0.15, 0.2) is 0 Å². The largest absolute Gasteiger partial charge is 0.486 e. The lowest BCUT2D eigenvalue weighted by atomic mass is 9.83. The van der Waals surface area contributed by atoms with Crippen molar-refractivity contribution >= 4 is 27.7 Å². The zero-order valence-electron chi connectivity index (χ0n) is 10.4. The van der Waals surface area contributed by atoms with Crippen molar-refractivity contribution in [2.75, 3.05) is 5.75 Å². The maximum Gasteiger partial charge on any atom is 0.126 e. The summed E-state index contributed by atoms with van der Waals surface area (Å²) in [6, 6.07) is 5.91. The van der Waals surface area contributed by atoms with Crippen LogP contribution in [0.3, 0.4) is 0 Å². The predicted octanol–water partition coefficient (Wildman–Crippen LogP) is 3.92. The van der Waals surface area contributed by atoms with Crippen LogP contribution in [-0.4, -0.2) is 21.7 Å². The maximum atomic E-state index is 10.4. The van der Waals surface area contributed by atoms with E-state index in [1.165, 1.54) is 12.2 Å². The summed E-state index contributed by atoms with van der Waals surface area (Å²) >= 11 is 5.40. The molecule has 98 valence electrons. The molecule has 2 nitrogen and oxygen atoms in total. The van der Waals surface area contributed by atoms with E-state index in [9.17, 15) is 5.11 Å². The fourth-order valence-corrected chi connectivity index (χ4v) is 4.57. The van der Waals surface area contributed by atoms with Gasteiger partial charge in [0.1, 0.15) is 11.4 Å². The van der Waals surface area contributed by atoms with Crippen molar-refractivity contribution in [3.63, 3.8) is 0 Å². The predicted molar refractivity (Wildman–Crippen MR) is 78.2 cm³/mol. The summed E-state index contributed by atoms with van der Waals surface area (Å²) in [4.78, 5) is 0. The maximum absolute atomic E-state index is 10.4. The molecular weight excluding hydrogens is 312 g/mol. The quantitative estimate of drug-likeness (QED) is 0.782. The summed E-state index contributed by atoms with van der Waals surface area (Å²) in [6.07, 6.45) is 2.53. The fourth-order valence-electron chi connectivity index (χ4n) is 2.96. The lowest BCUT2D eigenvalue weighted by molar-refractivity contribution is -0.0212. The summed E-state index contributed by atoms with van der Waals surface area (Å²) in [5.74, 6) is 2.06. The number of rotatable bonds is 0. The molecule has 0 radical (unpaired) electrons. The van der Waals surface area contributed by atoms with Gasteiger partial charge in [0.05, 0.1) is 6.10 Å². The summed E-state index contributed by atoms with van der Waals surface area (Å²) in [5, 5.41) is 10.9. The van der Waals surface area contributed by atoms with Crippen LogP contribution in [0, 0.1) is 0 Å². The van der Waals surface area contributed by atoms with E-state index in [4.69, 9.17) is 4.74 Å². The number of halogens is 1. The minimum absolute atomic E-state index is 0.177. The molecular formula is C14H17BrO2S. The molecule has 1 spiro atoms. The van der Waals surface area contributed by atoms with Crippen LogP contribution >= 0.6 is 27.7 Å². The summed E-state index contributed by atoms with van der Waals surface area (Å²) in [7, 11) is 0. The van der Waals surface area contributed by atoms with Crippen LogP contribution in [0.1, 0.15) is 37.9 Å². The lowest BCUT2D eigenvalue weighted by Gasteiger charge is -2.46. The van der Waals surface area contributed by atoms with Gasteiger partial charge in [0.25, 0.3) is 0 Å². The van der Waals surface area contributed by atoms with Crippen molar-refractivity contribution < 1.29 is 9.84 Å². The third-order valence-corrected chi connectivity index (χ3v) is 5.98. The molecule has 2 heterocycles. The van der Waals surface area contributed by atoms with Crippen molar-refractivity contribution in [2.45, 2.75) is 43.1 Å². The van der Waals surface area contributed by atoms with E-state index in [1.807, 2.05) is 30.0 Å². The number of ether oxygens (including phenoxy) is 1. The molecule has 1 aromatic rings. The third kappa shape index (κ3) is 2.08. The molecule has 1 aromatic carbocycles. The lowest BCUT2D eigenvalue weighted by Crippen LogP contribution is -2.50. The van der Waals surface area contributed by atoms with Gasteiger partial charge < -0.3 is 9.84 Å². The molecule has 2 aliphatic rings. The Balaban J connectivity index is 1.98. The molecule has 3 rings (SSSR count). The van der Waals surface area contributed by atoms with Gasteiger partial charge in [-0.3, -0.25) is 0 Å². The minimum atomic E-state index is -0.410. The first kappa shape index (κ1) is 12.8. The average Bonchev–Trinajstić information content (AvgIpc) is 2.34. The molecule has 0 saturated carbocycles. The van der Waals surface area contributed by atoms with Crippen molar-refractivity contribution in [1.82, 2.24) is 0 Å². The standard InChI is InChI=1S/C14H17BrO2S/c1-9-14(5-2-6-18-9)8-12(16)11-7-10(15)3-4-13(11)17-14/h3-4,7,9,12,16H,2,5-6,8H2,1H3/t9?,12-,14?/m1/s1. The SMILES string of the molecule is CC1SCCCC12C[C@@H](O)c1cc(Br)ccc1O2. The van der Waals surface area contributed by atoms with Gasteiger partial charge >= 0.3 is 0 Å². The smallest absolute Gasteiger partial charge is 0.126 e. The highest BCUT2D eigenvalue weighted by Crippen LogP contribution is 2.48. The molecule has 3 atom stereocenters. The minimum Gasteiger partial charge on any atom is -0.486 e. The van der Waals surface area contributed by atoms with Crippen LogP contribution < -0.4 is 4.74 Å². The van der Waals surface area contributed by atoms with Crippen molar-refractivity contribution in [3.8, 4) is 5.75 Å². The molecule has 4 heteroatoms. The molecule has 2 aliphatic heterocycles. The molecule has 18 heavy (non-hydrogen) atoms. The first-order valence-electron chi connectivity index (χ1n) is 6.39. The molecule has 0 amide bonds. The van der Waals surface area contributed by atoms with Gasteiger partial charge in [0.2, 0.25) is 0 Å². The van der Waals surface area contributed by atoms with E-state index in [0.29, 0.717) is 11.7 Å². The van der Waals surface area contributed by atoms with Crippen LogP contribution in [0.4, 0.5) is 0 Å². The number of hydrogen-bond acceptors (Lipinski definition) is 3.